The summed E-state index contributed by atoms with van der Waals surface area (Å²) in [5.41, 5.74) is -2.81. The molecule has 0 fully saturated rings. The summed E-state index contributed by atoms with van der Waals surface area (Å²) in [5, 5.41) is 10.7. The molecule has 0 aliphatic rings. The van der Waals surface area contributed by atoms with Gasteiger partial charge in [-0.2, -0.15) is 4.39 Å². The highest BCUT2D eigenvalue weighted by atomic mass is 19.3. The summed E-state index contributed by atoms with van der Waals surface area (Å²) in [7, 11) is 0. The molecule has 1 aromatic rings. The van der Waals surface area contributed by atoms with Gasteiger partial charge in [0.15, 0.2) is 0 Å². The first-order chi connectivity index (χ1) is 8.88. The first-order valence-corrected chi connectivity index (χ1v) is 5.13. The van der Waals surface area contributed by atoms with E-state index >= 15 is 0 Å². The number of nitrogens with zero attached hydrogens (tertiary/aromatic N) is 2. The average molecular weight is 278 g/mol. The Morgan fingerprint density at radius 3 is 2.68 bits per heavy atom. The molecule has 0 saturated heterocycles. The van der Waals surface area contributed by atoms with Crippen LogP contribution in [0.1, 0.15) is 24.5 Å². The number of hydrogen-bond donors (Lipinski definition) is 0. The summed E-state index contributed by atoms with van der Waals surface area (Å²) in [5.74, 6) is -2.48. The summed E-state index contributed by atoms with van der Waals surface area (Å²) >= 11 is 0. The first-order valence-electron chi connectivity index (χ1n) is 5.13. The predicted octanol–water partition coefficient (Wildman–Crippen LogP) is 2.17. The highest BCUT2D eigenvalue weighted by Gasteiger charge is 2.30. The number of nitro groups is 1. The van der Waals surface area contributed by atoms with Crippen molar-refractivity contribution in [3.05, 3.63) is 33.4 Å². The van der Waals surface area contributed by atoms with Crippen molar-refractivity contribution in [2.75, 3.05) is 6.61 Å². The highest BCUT2D eigenvalue weighted by molar-refractivity contribution is 5.74. The van der Waals surface area contributed by atoms with E-state index in [4.69, 9.17) is 0 Å². The van der Waals surface area contributed by atoms with Crippen molar-refractivity contribution < 1.29 is 27.6 Å². The molecule has 6 nitrogen and oxygen atoms in total. The Bertz CT molecular complexity index is 508. The fourth-order valence-corrected chi connectivity index (χ4v) is 1.44. The number of carbonyl (C=O) groups excluding carboxylic acids is 1. The molecule has 0 saturated carbocycles. The largest absolute Gasteiger partial charge is 0.466 e. The molecule has 0 aromatic carbocycles. The van der Waals surface area contributed by atoms with Gasteiger partial charge in [0.2, 0.25) is 0 Å². The molecule has 0 bridgehead atoms. The smallest absolute Gasteiger partial charge is 0.328 e. The zero-order valence-electron chi connectivity index (χ0n) is 9.73. The van der Waals surface area contributed by atoms with Crippen molar-refractivity contribution in [2.45, 2.75) is 19.8 Å². The van der Waals surface area contributed by atoms with Crippen LogP contribution in [0.3, 0.4) is 0 Å². The molecular formula is C10H9F3N2O4. The third-order valence-corrected chi connectivity index (χ3v) is 2.19. The molecule has 104 valence electrons. The number of halogens is 3. The number of ether oxygens (including phenoxy) is 1. The van der Waals surface area contributed by atoms with Gasteiger partial charge in [-0.05, 0) is 6.92 Å². The Hall–Kier alpha value is -2.19. The van der Waals surface area contributed by atoms with E-state index in [1.54, 1.807) is 0 Å². The lowest BCUT2D eigenvalue weighted by molar-refractivity contribution is -0.388. The van der Waals surface area contributed by atoms with Crippen LogP contribution in [0, 0.1) is 16.1 Å². The van der Waals surface area contributed by atoms with Gasteiger partial charge in [0.1, 0.15) is 0 Å². The van der Waals surface area contributed by atoms with Gasteiger partial charge in [-0.3, -0.25) is 14.9 Å². The van der Waals surface area contributed by atoms with Gasteiger partial charge < -0.3 is 4.74 Å². The number of pyridine rings is 1. The Labute approximate surface area is 105 Å². The van der Waals surface area contributed by atoms with Crippen molar-refractivity contribution >= 4 is 11.7 Å². The van der Waals surface area contributed by atoms with Gasteiger partial charge in [-0.1, -0.05) is 0 Å². The van der Waals surface area contributed by atoms with Crippen LogP contribution in [-0.4, -0.2) is 22.5 Å². The minimum atomic E-state index is -3.11. The molecule has 0 aliphatic heterocycles. The lowest BCUT2D eigenvalue weighted by atomic mass is 10.1. The molecule has 0 unspecified atom stereocenters. The molecule has 0 aliphatic carbocycles. The molecule has 0 atom stereocenters. The average Bonchev–Trinajstić information content (AvgIpc) is 2.28. The lowest BCUT2D eigenvalue weighted by Crippen LogP contribution is -2.13. The van der Waals surface area contributed by atoms with Crippen molar-refractivity contribution in [3.8, 4) is 0 Å². The summed E-state index contributed by atoms with van der Waals surface area (Å²) < 4.78 is 43.1. The van der Waals surface area contributed by atoms with Crippen LogP contribution in [0.2, 0.25) is 0 Å². The maximum absolute atomic E-state index is 13.2. The van der Waals surface area contributed by atoms with E-state index in [1.165, 1.54) is 6.92 Å². The number of aromatic nitrogens is 1. The molecule has 19 heavy (non-hydrogen) atoms. The topological polar surface area (TPSA) is 82.3 Å². The molecular weight excluding hydrogens is 269 g/mol. The first kappa shape index (κ1) is 14.9. The standard InChI is InChI=1S/C10H9F3N2O4/c1-2-19-7(16)3-5-6(9(11)12)4-14-10(13)8(5)15(17)18/h4,9H,2-3H2,1H3. The Kier molecular flexibility index (Phi) is 4.79. The van der Waals surface area contributed by atoms with Crippen LogP contribution in [0.4, 0.5) is 18.9 Å². The second-order valence-corrected chi connectivity index (χ2v) is 3.37. The van der Waals surface area contributed by atoms with Crippen LogP contribution in [0.25, 0.3) is 0 Å². The minimum absolute atomic E-state index is 0.0236. The Balaban J connectivity index is 3.33. The quantitative estimate of drug-likeness (QED) is 0.357. The van der Waals surface area contributed by atoms with Gasteiger partial charge in [-0.15, -0.1) is 0 Å². The monoisotopic (exact) mass is 278 g/mol. The second-order valence-electron chi connectivity index (χ2n) is 3.37. The minimum Gasteiger partial charge on any atom is -0.466 e. The van der Waals surface area contributed by atoms with Crippen molar-refractivity contribution in [1.82, 2.24) is 4.98 Å². The number of esters is 1. The normalized spacial score (nSPS) is 10.6. The number of alkyl halides is 2. The number of rotatable bonds is 5. The van der Waals surface area contributed by atoms with Gasteiger partial charge >= 0.3 is 11.7 Å². The molecule has 0 N–H and O–H groups in total. The van der Waals surface area contributed by atoms with E-state index in [0.29, 0.717) is 6.20 Å². The summed E-state index contributed by atoms with van der Waals surface area (Å²) in [6.07, 6.45) is -3.46. The van der Waals surface area contributed by atoms with Gasteiger partial charge in [0.25, 0.3) is 12.4 Å². The second kappa shape index (κ2) is 6.12. The van der Waals surface area contributed by atoms with Gasteiger partial charge in [-0.25, -0.2) is 13.8 Å². The maximum Gasteiger partial charge on any atom is 0.328 e. The molecule has 1 aromatic heterocycles. The van der Waals surface area contributed by atoms with E-state index in [-0.39, 0.29) is 6.61 Å². The highest BCUT2D eigenvalue weighted by Crippen LogP contribution is 2.31. The Morgan fingerprint density at radius 1 is 1.58 bits per heavy atom. The van der Waals surface area contributed by atoms with Crippen LogP contribution in [0.5, 0.6) is 0 Å². The fourth-order valence-electron chi connectivity index (χ4n) is 1.44. The predicted molar refractivity (Wildman–Crippen MR) is 56.1 cm³/mol. The third-order valence-electron chi connectivity index (χ3n) is 2.19. The van der Waals surface area contributed by atoms with Crippen molar-refractivity contribution in [3.63, 3.8) is 0 Å². The van der Waals surface area contributed by atoms with Crippen LogP contribution in [0.15, 0.2) is 6.20 Å². The zero-order chi connectivity index (χ0) is 14.6. The van der Waals surface area contributed by atoms with E-state index in [9.17, 15) is 28.1 Å². The van der Waals surface area contributed by atoms with Crippen molar-refractivity contribution in [2.24, 2.45) is 0 Å². The van der Waals surface area contributed by atoms with Gasteiger partial charge in [0, 0.05) is 11.8 Å². The van der Waals surface area contributed by atoms with E-state index in [1.807, 2.05) is 0 Å². The molecule has 0 radical (unpaired) electrons. The van der Waals surface area contributed by atoms with Crippen LogP contribution >= 0.6 is 0 Å². The summed E-state index contributed by atoms with van der Waals surface area (Å²) in [6.45, 7) is 1.46. The van der Waals surface area contributed by atoms with Crippen molar-refractivity contribution in [1.29, 1.82) is 0 Å². The molecule has 9 heteroatoms. The lowest BCUT2D eigenvalue weighted by Gasteiger charge is -2.08. The van der Waals surface area contributed by atoms with E-state index in [2.05, 4.69) is 9.72 Å². The maximum atomic E-state index is 13.2. The fraction of sp³-hybridized carbons (Fsp3) is 0.400. The molecule has 1 heterocycles. The van der Waals surface area contributed by atoms with Crippen LogP contribution in [-0.2, 0) is 16.0 Å². The third kappa shape index (κ3) is 3.39. The van der Waals surface area contributed by atoms with Crippen LogP contribution < -0.4 is 0 Å². The summed E-state index contributed by atoms with van der Waals surface area (Å²) in [6, 6.07) is 0. The van der Waals surface area contributed by atoms with E-state index in [0.717, 1.165) is 0 Å². The zero-order valence-corrected chi connectivity index (χ0v) is 9.73. The molecule has 0 amide bonds. The Morgan fingerprint density at radius 2 is 2.21 bits per heavy atom. The number of carbonyl (C=O) groups is 1. The molecule has 0 spiro atoms. The van der Waals surface area contributed by atoms with Gasteiger partial charge in [0.05, 0.1) is 23.5 Å². The van der Waals surface area contributed by atoms with E-state index < -0.39 is 46.5 Å². The molecule has 1 rings (SSSR count). The summed E-state index contributed by atoms with van der Waals surface area (Å²) in [4.78, 5) is 23.6. The SMILES string of the molecule is CCOC(=O)Cc1c(C(F)F)cnc(F)c1[N+](=O)[O-]. The number of hydrogen-bond acceptors (Lipinski definition) is 5.